The molecule has 0 saturated carbocycles. The molecule has 1 saturated heterocycles. The van der Waals surface area contributed by atoms with E-state index in [2.05, 4.69) is 4.90 Å². The molecule has 1 aliphatic heterocycles. The summed E-state index contributed by atoms with van der Waals surface area (Å²) in [5.74, 6) is 0.700. The molecule has 6 heteroatoms. The van der Waals surface area contributed by atoms with Crippen LogP contribution >= 0.6 is 0 Å². The lowest BCUT2D eigenvalue weighted by atomic mass is 9.99. The van der Waals surface area contributed by atoms with Crippen molar-refractivity contribution in [1.29, 1.82) is 0 Å². The highest BCUT2D eigenvalue weighted by atomic mass is 16.5. The largest absolute Gasteiger partial charge is 0.497 e. The summed E-state index contributed by atoms with van der Waals surface area (Å²) in [4.78, 5) is 15.7. The number of nitrogens with zero attached hydrogens (tertiary/aromatic N) is 2. The first kappa shape index (κ1) is 20.2. The molecule has 2 atom stereocenters. The van der Waals surface area contributed by atoms with Crippen LogP contribution in [0.25, 0.3) is 0 Å². The number of likely N-dealkylation sites (tertiary alicyclic amines) is 1. The quantitative estimate of drug-likeness (QED) is 0.730. The summed E-state index contributed by atoms with van der Waals surface area (Å²) < 4.78 is 5.19. The molecular weight excluding hydrogens is 356 g/mol. The average Bonchev–Trinajstić information content (AvgIpc) is 3.24. The standard InChI is InChI=1S/C22H28N2O4/c1-28-19-11-9-18(10-12-19)21(25)20(16-23-13-5-6-14-23)24(22(26)27)15-17-7-3-2-4-8-17/h2-4,7-12,20-21,25H,5-6,13-16H2,1H3,(H,26,27)/t20-,21-/m1/s1. The van der Waals surface area contributed by atoms with Gasteiger partial charge in [0.1, 0.15) is 11.9 Å². The number of ether oxygens (including phenoxy) is 1. The van der Waals surface area contributed by atoms with E-state index >= 15 is 0 Å². The van der Waals surface area contributed by atoms with Gasteiger partial charge in [0, 0.05) is 13.1 Å². The van der Waals surface area contributed by atoms with Gasteiger partial charge >= 0.3 is 6.09 Å². The van der Waals surface area contributed by atoms with Crippen LogP contribution in [-0.2, 0) is 6.54 Å². The lowest BCUT2D eigenvalue weighted by molar-refractivity contribution is 0.0282. The van der Waals surface area contributed by atoms with E-state index in [-0.39, 0.29) is 6.54 Å². The second kappa shape index (κ2) is 9.57. The van der Waals surface area contributed by atoms with Gasteiger partial charge in [-0.25, -0.2) is 4.79 Å². The summed E-state index contributed by atoms with van der Waals surface area (Å²) in [7, 11) is 1.59. The predicted octanol–water partition coefficient (Wildman–Crippen LogP) is 3.37. The van der Waals surface area contributed by atoms with Crippen molar-refractivity contribution in [1.82, 2.24) is 9.80 Å². The normalized spacial score (nSPS) is 16.5. The molecule has 150 valence electrons. The van der Waals surface area contributed by atoms with Crippen molar-refractivity contribution >= 4 is 6.09 Å². The Kier molecular flexibility index (Phi) is 6.90. The minimum atomic E-state index is -1.03. The van der Waals surface area contributed by atoms with Gasteiger partial charge in [0.2, 0.25) is 0 Å². The van der Waals surface area contributed by atoms with Crippen molar-refractivity contribution in [2.45, 2.75) is 31.5 Å². The van der Waals surface area contributed by atoms with Crippen molar-refractivity contribution in [3.05, 3.63) is 65.7 Å². The molecule has 0 unspecified atom stereocenters. The van der Waals surface area contributed by atoms with Gasteiger partial charge < -0.3 is 19.8 Å². The molecule has 6 nitrogen and oxygen atoms in total. The van der Waals surface area contributed by atoms with Crippen LogP contribution in [0.2, 0.25) is 0 Å². The van der Waals surface area contributed by atoms with Crippen LogP contribution in [0, 0.1) is 0 Å². The number of rotatable bonds is 8. The van der Waals surface area contributed by atoms with Gasteiger partial charge in [0.15, 0.2) is 0 Å². The van der Waals surface area contributed by atoms with Gasteiger partial charge in [-0.15, -0.1) is 0 Å². The van der Waals surface area contributed by atoms with Gasteiger partial charge in [-0.05, 0) is 49.2 Å². The molecule has 28 heavy (non-hydrogen) atoms. The van der Waals surface area contributed by atoms with Crippen LogP contribution in [0.5, 0.6) is 5.75 Å². The molecule has 2 aromatic carbocycles. The van der Waals surface area contributed by atoms with E-state index in [1.165, 1.54) is 4.90 Å². The summed E-state index contributed by atoms with van der Waals surface area (Å²) in [6, 6.07) is 16.1. The van der Waals surface area contributed by atoms with Gasteiger partial charge in [0.25, 0.3) is 0 Å². The number of benzene rings is 2. The van der Waals surface area contributed by atoms with Crippen LogP contribution in [0.3, 0.4) is 0 Å². The SMILES string of the molecule is COc1ccc([C@@H](O)[C@@H](CN2CCCC2)N(Cc2ccccc2)C(=O)O)cc1. The molecule has 1 aliphatic rings. The predicted molar refractivity (Wildman–Crippen MR) is 107 cm³/mol. The molecule has 1 amide bonds. The zero-order chi connectivity index (χ0) is 19.9. The average molecular weight is 384 g/mol. The van der Waals surface area contributed by atoms with Crippen LogP contribution in [-0.4, -0.2) is 58.9 Å². The van der Waals surface area contributed by atoms with E-state index in [0.29, 0.717) is 17.9 Å². The minimum Gasteiger partial charge on any atom is -0.497 e. The molecular formula is C22H28N2O4. The summed E-state index contributed by atoms with van der Waals surface area (Å²) in [6.07, 6.45) is 0.265. The van der Waals surface area contributed by atoms with Crippen LogP contribution in [0.4, 0.5) is 4.79 Å². The van der Waals surface area contributed by atoms with E-state index in [1.807, 2.05) is 30.3 Å². The number of carbonyl (C=O) groups is 1. The number of aliphatic hydroxyl groups is 1. The molecule has 2 N–H and O–H groups in total. The summed E-state index contributed by atoms with van der Waals surface area (Å²) >= 11 is 0. The Morgan fingerprint density at radius 2 is 1.75 bits per heavy atom. The number of hydrogen-bond donors (Lipinski definition) is 2. The molecule has 3 rings (SSSR count). The number of hydrogen-bond acceptors (Lipinski definition) is 4. The Bertz CT molecular complexity index is 745. The summed E-state index contributed by atoms with van der Waals surface area (Å²) in [5, 5.41) is 21.1. The van der Waals surface area contributed by atoms with E-state index < -0.39 is 18.2 Å². The van der Waals surface area contributed by atoms with E-state index in [4.69, 9.17) is 4.74 Å². The number of methoxy groups -OCH3 is 1. The first-order chi connectivity index (χ1) is 13.6. The Morgan fingerprint density at radius 3 is 2.32 bits per heavy atom. The van der Waals surface area contributed by atoms with Crippen molar-refractivity contribution in [2.24, 2.45) is 0 Å². The van der Waals surface area contributed by atoms with Crippen molar-refractivity contribution in [3.63, 3.8) is 0 Å². The zero-order valence-corrected chi connectivity index (χ0v) is 16.2. The van der Waals surface area contributed by atoms with Crippen molar-refractivity contribution in [2.75, 3.05) is 26.7 Å². The maximum atomic E-state index is 12.1. The van der Waals surface area contributed by atoms with Gasteiger partial charge in [0.05, 0.1) is 13.2 Å². The Balaban J connectivity index is 1.87. The van der Waals surface area contributed by atoms with Crippen molar-refractivity contribution in [3.8, 4) is 5.75 Å². The van der Waals surface area contributed by atoms with E-state index in [9.17, 15) is 15.0 Å². The molecule has 0 aromatic heterocycles. The fraction of sp³-hybridized carbons (Fsp3) is 0.409. The summed E-state index contributed by atoms with van der Waals surface area (Å²) in [5.41, 5.74) is 1.59. The Labute approximate surface area is 166 Å². The highest BCUT2D eigenvalue weighted by Gasteiger charge is 2.33. The maximum absolute atomic E-state index is 12.1. The van der Waals surface area contributed by atoms with E-state index in [0.717, 1.165) is 31.5 Å². The highest BCUT2D eigenvalue weighted by Crippen LogP contribution is 2.26. The van der Waals surface area contributed by atoms with Gasteiger partial charge in [-0.2, -0.15) is 0 Å². The Hall–Kier alpha value is -2.57. The maximum Gasteiger partial charge on any atom is 0.407 e. The van der Waals surface area contributed by atoms with Crippen LogP contribution in [0.15, 0.2) is 54.6 Å². The molecule has 1 fully saturated rings. The highest BCUT2D eigenvalue weighted by molar-refractivity contribution is 5.65. The lowest BCUT2D eigenvalue weighted by Gasteiger charge is -2.36. The van der Waals surface area contributed by atoms with Crippen LogP contribution in [0.1, 0.15) is 30.1 Å². The minimum absolute atomic E-state index is 0.238. The third kappa shape index (κ3) is 5.03. The van der Waals surface area contributed by atoms with Gasteiger partial charge in [-0.3, -0.25) is 4.90 Å². The number of aliphatic hydroxyl groups excluding tert-OH is 1. The first-order valence-electron chi connectivity index (χ1n) is 9.66. The Morgan fingerprint density at radius 1 is 1.11 bits per heavy atom. The molecule has 0 spiro atoms. The molecule has 1 heterocycles. The molecule has 2 aromatic rings. The molecule has 0 aliphatic carbocycles. The monoisotopic (exact) mass is 384 g/mol. The topological polar surface area (TPSA) is 73.2 Å². The fourth-order valence-corrected chi connectivity index (χ4v) is 3.73. The third-order valence-corrected chi connectivity index (χ3v) is 5.31. The third-order valence-electron chi connectivity index (χ3n) is 5.31. The zero-order valence-electron chi connectivity index (χ0n) is 16.2. The van der Waals surface area contributed by atoms with Crippen molar-refractivity contribution < 1.29 is 19.7 Å². The first-order valence-corrected chi connectivity index (χ1v) is 9.66. The smallest absolute Gasteiger partial charge is 0.407 e. The number of amides is 1. The molecule has 0 bridgehead atoms. The lowest BCUT2D eigenvalue weighted by Crippen LogP contribution is -2.48. The second-order valence-corrected chi connectivity index (χ2v) is 7.19. The van der Waals surface area contributed by atoms with Gasteiger partial charge in [-0.1, -0.05) is 42.5 Å². The fourth-order valence-electron chi connectivity index (χ4n) is 3.73. The number of carboxylic acid groups (broad SMARTS) is 1. The molecule has 0 radical (unpaired) electrons. The second-order valence-electron chi connectivity index (χ2n) is 7.19. The summed E-state index contributed by atoms with van der Waals surface area (Å²) in [6.45, 7) is 2.61. The van der Waals surface area contributed by atoms with Crippen LogP contribution < -0.4 is 4.74 Å². The van der Waals surface area contributed by atoms with E-state index in [1.54, 1.807) is 31.4 Å².